The molecule has 3 heteroatoms. The first-order valence-electron chi connectivity index (χ1n) is 6.51. The Hall–Kier alpha value is -1.35. The zero-order valence-electron chi connectivity index (χ0n) is 11.6. The minimum Gasteiger partial charge on any atom is -0.494 e. The van der Waals surface area contributed by atoms with Gasteiger partial charge in [0.2, 0.25) is 0 Å². The predicted molar refractivity (Wildman–Crippen MR) is 74.1 cm³/mol. The largest absolute Gasteiger partial charge is 0.494 e. The van der Waals surface area contributed by atoms with Gasteiger partial charge in [-0.3, -0.25) is 4.79 Å². The Bertz CT molecular complexity index is 359. The third kappa shape index (κ3) is 5.82. The molecule has 1 aromatic rings. The summed E-state index contributed by atoms with van der Waals surface area (Å²) in [6, 6.07) is 8.22. The Kier molecular flexibility index (Phi) is 6.44. The number of ketones is 1. The van der Waals surface area contributed by atoms with Crippen molar-refractivity contribution in [2.75, 3.05) is 26.7 Å². The van der Waals surface area contributed by atoms with Crippen LogP contribution in [0.2, 0.25) is 0 Å². The Morgan fingerprint density at radius 1 is 1.22 bits per heavy atom. The van der Waals surface area contributed by atoms with Crippen LogP contribution >= 0.6 is 0 Å². The standard InChI is InChI=1S/C15H23NO2/c1-4-18-15-7-5-14(6-8-15)10-12-16(3)11-9-13(2)17/h5-8H,4,9-12H2,1-3H3. The van der Waals surface area contributed by atoms with E-state index < -0.39 is 0 Å². The first-order chi connectivity index (χ1) is 8.61. The number of nitrogens with zero attached hydrogens (tertiary/aromatic N) is 1. The molecule has 0 aliphatic carbocycles. The Labute approximate surface area is 110 Å². The molecule has 3 nitrogen and oxygen atoms in total. The van der Waals surface area contributed by atoms with Crippen LogP contribution in [-0.4, -0.2) is 37.4 Å². The summed E-state index contributed by atoms with van der Waals surface area (Å²) >= 11 is 0. The molecular formula is C15H23NO2. The lowest BCUT2D eigenvalue weighted by Crippen LogP contribution is -2.23. The molecule has 0 spiro atoms. The number of carbonyl (C=O) groups excluding carboxylic acids is 1. The van der Waals surface area contributed by atoms with Crippen molar-refractivity contribution in [3.63, 3.8) is 0 Å². The molecule has 18 heavy (non-hydrogen) atoms. The molecule has 0 N–H and O–H groups in total. The maximum absolute atomic E-state index is 10.9. The van der Waals surface area contributed by atoms with Crippen LogP contribution in [0.1, 0.15) is 25.8 Å². The van der Waals surface area contributed by atoms with Gasteiger partial charge in [0.25, 0.3) is 0 Å². The summed E-state index contributed by atoms with van der Waals surface area (Å²) in [5.41, 5.74) is 1.30. The second kappa shape index (κ2) is 7.88. The number of carbonyl (C=O) groups is 1. The molecule has 0 aliphatic rings. The van der Waals surface area contributed by atoms with E-state index in [1.54, 1.807) is 6.92 Å². The Morgan fingerprint density at radius 3 is 2.44 bits per heavy atom. The van der Waals surface area contributed by atoms with Crippen molar-refractivity contribution in [3.8, 4) is 5.75 Å². The van der Waals surface area contributed by atoms with Crippen molar-refractivity contribution in [1.82, 2.24) is 4.90 Å². The Balaban J connectivity index is 2.31. The SMILES string of the molecule is CCOc1ccc(CCN(C)CCC(C)=O)cc1. The van der Waals surface area contributed by atoms with Gasteiger partial charge in [0.05, 0.1) is 6.61 Å². The topological polar surface area (TPSA) is 29.5 Å². The maximum Gasteiger partial charge on any atom is 0.131 e. The Morgan fingerprint density at radius 2 is 1.89 bits per heavy atom. The smallest absolute Gasteiger partial charge is 0.131 e. The fourth-order valence-corrected chi connectivity index (χ4v) is 1.70. The summed E-state index contributed by atoms with van der Waals surface area (Å²) in [4.78, 5) is 13.1. The number of hydrogen-bond acceptors (Lipinski definition) is 3. The molecule has 0 bridgehead atoms. The lowest BCUT2D eigenvalue weighted by atomic mass is 10.1. The van der Waals surface area contributed by atoms with Gasteiger partial charge in [-0.05, 0) is 45.0 Å². The molecule has 0 heterocycles. The van der Waals surface area contributed by atoms with E-state index >= 15 is 0 Å². The first kappa shape index (κ1) is 14.7. The van der Waals surface area contributed by atoms with Crippen LogP contribution in [0.15, 0.2) is 24.3 Å². The van der Waals surface area contributed by atoms with E-state index in [-0.39, 0.29) is 5.78 Å². The summed E-state index contributed by atoms with van der Waals surface area (Å²) in [7, 11) is 2.05. The van der Waals surface area contributed by atoms with Crippen molar-refractivity contribution in [2.45, 2.75) is 26.7 Å². The van der Waals surface area contributed by atoms with Crippen molar-refractivity contribution >= 4 is 5.78 Å². The van der Waals surface area contributed by atoms with E-state index in [9.17, 15) is 4.79 Å². The van der Waals surface area contributed by atoms with Crippen molar-refractivity contribution in [2.24, 2.45) is 0 Å². The average molecular weight is 249 g/mol. The van der Waals surface area contributed by atoms with Crippen LogP contribution in [0.3, 0.4) is 0 Å². The van der Waals surface area contributed by atoms with Crippen molar-refractivity contribution in [3.05, 3.63) is 29.8 Å². The van der Waals surface area contributed by atoms with Crippen LogP contribution in [0.5, 0.6) is 5.75 Å². The molecule has 1 aromatic carbocycles. The quantitative estimate of drug-likeness (QED) is 0.709. The molecule has 0 amide bonds. The number of Topliss-reactive ketones (excluding diaryl/α,β-unsaturated/α-hetero) is 1. The molecule has 0 unspecified atom stereocenters. The molecule has 0 radical (unpaired) electrons. The van der Waals surface area contributed by atoms with Gasteiger partial charge >= 0.3 is 0 Å². The molecule has 0 atom stereocenters. The lowest BCUT2D eigenvalue weighted by Gasteiger charge is -2.15. The summed E-state index contributed by atoms with van der Waals surface area (Å²) in [5, 5.41) is 0. The summed E-state index contributed by atoms with van der Waals surface area (Å²) in [6.07, 6.45) is 1.64. The highest BCUT2D eigenvalue weighted by molar-refractivity contribution is 5.75. The highest BCUT2D eigenvalue weighted by Gasteiger charge is 2.01. The van der Waals surface area contributed by atoms with Gasteiger partial charge in [0.1, 0.15) is 11.5 Å². The first-order valence-corrected chi connectivity index (χ1v) is 6.51. The second-order valence-electron chi connectivity index (χ2n) is 4.58. The molecule has 0 fully saturated rings. The molecule has 1 rings (SSSR count). The third-order valence-electron chi connectivity index (χ3n) is 2.86. The number of benzene rings is 1. The number of hydrogen-bond donors (Lipinski definition) is 0. The zero-order valence-corrected chi connectivity index (χ0v) is 11.6. The van der Waals surface area contributed by atoms with E-state index in [1.807, 2.05) is 19.1 Å². The van der Waals surface area contributed by atoms with Gasteiger partial charge in [0.15, 0.2) is 0 Å². The number of rotatable bonds is 8. The van der Waals surface area contributed by atoms with Gasteiger partial charge in [0, 0.05) is 19.5 Å². The summed E-state index contributed by atoms with van der Waals surface area (Å²) in [6.45, 7) is 6.14. The van der Waals surface area contributed by atoms with E-state index in [2.05, 4.69) is 24.1 Å². The van der Waals surface area contributed by atoms with Crippen LogP contribution in [0, 0.1) is 0 Å². The molecule has 0 aliphatic heterocycles. The molecule has 100 valence electrons. The van der Waals surface area contributed by atoms with Crippen LogP contribution in [-0.2, 0) is 11.2 Å². The summed E-state index contributed by atoms with van der Waals surface area (Å²) in [5.74, 6) is 1.18. The second-order valence-corrected chi connectivity index (χ2v) is 4.58. The zero-order chi connectivity index (χ0) is 13.4. The van der Waals surface area contributed by atoms with Crippen LogP contribution in [0.4, 0.5) is 0 Å². The maximum atomic E-state index is 10.9. The minimum absolute atomic E-state index is 0.253. The van der Waals surface area contributed by atoms with Gasteiger partial charge in [-0.2, -0.15) is 0 Å². The highest BCUT2D eigenvalue weighted by atomic mass is 16.5. The van der Waals surface area contributed by atoms with Crippen LogP contribution in [0.25, 0.3) is 0 Å². The average Bonchev–Trinajstić information content (AvgIpc) is 2.36. The number of ether oxygens (including phenoxy) is 1. The molecular weight excluding hydrogens is 226 g/mol. The van der Waals surface area contributed by atoms with Gasteiger partial charge in [-0.15, -0.1) is 0 Å². The minimum atomic E-state index is 0.253. The molecule has 0 aromatic heterocycles. The fourth-order valence-electron chi connectivity index (χ4n) is 1.70. The third-order valence-corrected chi connectivity index (χ3v) is 2.86. The monoisotopic (exact) mass is 249 g/mol. The number of likely N-dealkylation sites (N-methyl/N-ethyl adjacent to an activating group) is 1. The van der Waals surface area contributed by atoms with Gasteiger partial charge < -0.3 is 9.64 Å². The van der Waals surface area contributed by atoms with E-state index in [4.69, 9.17) is 4.74 Å². The van der Waals surface area contributed by atoms with Gasteiger partial charge in [-0.1, -0.05) is 12.1 Å². The predicted octanol–water partition coefficient (Wildman–Crippen LogP) is 2.54. The van der Waals surface area contributed by atoms with Gasteiger partial charge in [-0.25, -0.2) is 0 Å². The molecule has 0 saturated heterocycles. The summed E-state index contributed by atoms with van der Waals surface area (Å²) < 4.78 is 5.40. The lowest BCUT2D eigenvalue weighted by molar-refractivity contribution is -0.117. The normalized spacial score (nSPS) is 10.7. The van der Waals surface area contributed by atoms with Crippen molar-refractivity contribution < 1.29 is 9.53 Å². The van der Waals surface area contributed by atoms with E-state index in [1.165, 1.54) is 5.56 Å². The highest BCUT2D eigenvalue weighted by Crippen LogP contribution is 2.12. The van der Waals surface area contributed by atoms with E-state index in [0.717, 1.165) is 25.3 Å². The van der Waals surface area contributed by atoms with Crippen LogP contribution < -0.4 is 4.74 Å². The fraction of sp³-hybridized carbons (Fsp3) is 0.533. The van der Waals surface area contributed by atoms with E-state index in [0.29, 0.717) is 13.0 Å². The molecule has 0 saturated carbocycles. The van der Waals surface area contributed by atoms with Crippen molar-refractivity contribution in [1.29, 1.82) is 0 Å².